The van der Waals surface area contributed by atoms with Crippen molar-refractivity contribution in [1.29, 1.82) is 0 Å². The van der Waals surface area contributed by atoms with Gasteiger partial charge in [-0.2, -0.15) is 0 Å². The Balaban J connectivity index is 2.28. The molecule has 0 fully saturated rings. The number of aromatic nitrogens is 1. The van der Waals surface area contributed by atoms with Gasteiger partial charge in [0, 0.05) is 5.56 Å². The molecule has 0 spiro atoms. The first-order valence-corrected chi connectivity index (χ1v) is 6.53. The summed E-state index contributed by atoms with van der Waals surface area (Å²) < 4.78 is 13.1. The average Bonchev–Trinajstić information content (AvgIpc) is 2.78. The van der Waals surface area contributed by atoms with Crippen molar-refractivity contribution in [2.24, 2.45) is 5.73 Å². The molecule has 2 rings (SSSR count). The van der Waals surface area contributed by atoms with E-state index in [4.69, 9.17) is 18.0 Å². The number of carbonyl (C=O) groups is 1. The number of nitrogens with zero attached hydrogens (tertiary/aromatic N) is 1. The molecule has 0 unspecified atom stereocenters. The van der Waals surface area contributed by atoms with Crippen LogP contribution in [-0.2, 0) is 0 Å². The highest BCUT2D eigenvalue weighted by molar-refractivity contribution is 7.80. The van der Waals surface area contributed by atoms with Crippen molar-refractivity contribution in [2.45, 2.75) is 6.92 Å². The summed E-state index contributed by atoms with van der Waals surface area (Å²) in [5, 5.41) is 3.44. The summed E-state index contributed by atoms with van der Waals surface area (Å²) in [6, 6.07) is 3.85. The Morgan fingerprint density at radius 2 is 2.26 bits per heavy atom. The van der Waals surface area contributed by atoms with Crippen LogP contribution in [0.4, 0.5) is 10.1 Å². The highest BCUT2D eigenvalue weighted by atomic mass is 32.1. The fourth-order valence-electron chi connectivity index (χ4n) is 1.48. The van der Waals surface area contributed by atoms with Gasteiger partial charge in [-0.3, -0.25) is 4.79 Å². The summed E-state index contributed by atoms with van der Waals surface area (Å²) in [4.78, 5) is 16.5. The quantitative estimate of drug-likeness (QED) is 0.854. The fraction of sp³-hybridized carbons (Fsp3) is 0.0833. The number of nitrogens with one attached hydrogen (secondary N) is 1. The van der Waals surface area contributed by atoms with Crippen molar-refractivity contribution >= 4 is 40.1 Å². The van der Waals surface area contributed by atoms with Gasteiger partial charge >= 0.3 is 0 Å². The first kappa shape index (κ1) is 13.6. The number of carbonyl (C=O) groups excluding carboxylic acids is 1. The molecule has 3 N–H and O–H groups in total. The Morgan fingerprint density at radius 1 is 1.53 bits per heavy atom. The van der Waals surface area contributed by atoms with Crippen LogP contribution >= 0.6 is 23.6 Å². The number of aryl methyl sites for hydroxylation is 1. The largest absolute Gasteiger partial charge is 0.389 e. The first-order chi connectivity index (χ1) is 8.97. The summed E-state index contributed by atoms with van der Waals surface area (Å²) in [6.07, 6.45) is 1.49. The normalized spacial score (nSPS) is 10.2. The standard InChI is InChI=1S/C12H10FN3OS2/c1-6-15-5-10(19-6)12(17)16-9-3-2-7(13)4-8(9)11(14)18/h2-5H,1H3,(H2,14,18)(H,16,17). The second kappa shape index (κ2) is 5.41. The zero-order valence-corrected chi connectivity index (χ0v) is 11.6. The van der Waals surface area contributed by atoms with Crippen LogP contribution in [0, 0.1) is 12.7 Å². The molecule has 0 saturated heterocycles. The minimum absolute atomic E-state index is 0.0234. The van der Waals surface area contributed by atoms with Crippen LogP contribution in [-0.4, -0.2) is 15.9 Å². The van der Waals surface area contributed by atoms with Gasteiger partial charge in [0.25, 0.3) is 5.91 Å². The zero-order chi connectivity index (χ0) is 14.0. The molecular formula is C12H10FN3OS2. The molecule has 0 bridgehead atoms. The number of hydrogen-bond acceptors (Lipinski definition) is 4. The van der Waals surface area contributed by atoms with Crippen LogP contribution in [0.15, 0.2) is 24.4 Å². The number of thiazole rings is 1. The van der Waals surface area contributed by atoms with E-state index in [2.05, 4.69) is 10.3 Å². The molecule has 1 amide bonds. The van der Waals surface area contributed by atoms with Crippen molar-refractivity contribution in [3.8, 4) is 0 Å². The topological polar surface area (TPSA) is 68.0 Å². The smallest absolute Gasteiger partial charge is 0.267 e. The predicted octanol–water partition coefficient (Wildman–Crippen LogP) is 2.48. The van der Waals surface area contributed by atoms with Gasteiger partial charge in [0.05, 0.1) is 16.9 Å². The summed E-state index contributed by atoms with van der Waals surface area (Å²) in [5.41, 5.74) is 6.18. The lowest BCUT2D eigenvalue weighted by molar-refractivity contribution is 0.103. The molecule has 1 heterocycles. The number of thiocarbonyl (C=S) groups is 1. The van der Waals surface area contributed by atoms with Crippen LogP contribution in [0.25, 0.3) is 0 Å². The average molecular weight is 295 g/mol. The van der Waals surface area contributed by atoms with E-state index < -0.39 is 5.82 Å². The number of rotatable bonds is 3. The number of nitrogens with two attached hydrogens (primary N) is 1. The summed E-state index contributed by atoms with van der Waals surface area (Å²) in [5.74, 6) is -0.788. The van der Waals surface area contributed by atoms with Crippen LogP contribution in [0.1, 0.15) is 20.2 Å². The van der Waals surface area contributed by atoms with E-state index in [-0.39, 0.29) is 10.9 Å². The van der Waals surface area contributed by atoms with Crippen molar-refractivity contribution in [1.82, 2.24) is 4.98 Å². The van der Waals surface area contributed by atoms with Crippen LogP contribution in [0.3, 0.4) is 0 Å². The van der Waals surface area contributed by atoms with Crippen molar-refractivity contribution in [3.63, 3.8) is 0 Å². The molecule has 0 radical (unpaired) electrons. The monoisotopic (exact) mass is 295 g/mol. The minimum atomic E-state index is -0.463. The van der Waals surface area contributed by atoms with Gasteiger partial charge in [-0.25, -0.2) is 9.37 Å². The fourth-order valence-corrected chi connectivity index (χ4v) is 2.32. The molecule has 0 aliphatic rings. The maximum Gasteiger partial charge on any atom is 0.267 e. The Kier molecular flexibility index (Phi) is 3.87. The summed E-state index contributed by atoms with van der Waals surface area (Å²) >= 11 is 6.10. The minimum Gasteiger partial charge on any atom is -0.389 e. The molecule has 19 heavy (non-hydrogen) atoms. The number of amides is 1. The Bertz CT molecular complexity index is 654. The van der Waals surface area contributed by atoms with E-state index in [1.54, 1.807) is 6.92 Å². The van der Waals surface area contributed by atoms with E-state index in [0.29, 0.717) is 16.1 Å². The predicted molar refractivity (Wildman–Crippen MR) is 77.1 cm³/mol. The third-order valence-corrected chi connectivity index (χ3v) is 3.47. The second-order valence-corrected chi connectivity index (χ2v) is 5.43. The first-order valence-electron chi connectivity index (χ1n) is 5.30. The lowest BCUT2D eigenvalue weighted by Crippen LogP contribution is -2.17. The van der Waals surface area contributed by atoms with E-state index in [0.717, 1.165) is 5.01 Å². The van der Waals surface area contributed by atoms with Gasteiger partial charge in [-0.05, 0) is 25.1 Å². The third kappa shape index (κ3) is 3.12. The van der Waals surface area contributed by atoms with E-state index >= 15 is 0 Å². The SMILES string of the molecule is Cc1ncc(C(=O)Nc2ccc(F)cc2C(N)=S)s1. The lowest BCUT2D eigenvalue weighted by atomic mass is 10.1. The molecule has 0 atom stereocenters. The summed E-state index contributed by atoms with van der Waals surface area (Å²) in [7, 11) is 0. The molecular weight excluding hydrogens is 285 g/mol. The van der Waals surface area contributed by atoms with Crippen molar-refractivity contribution in [2.75, 3.05) is 5.32 Å². The maximum absolute atomic E-state index is 13.1. The number of halogens is 1. The summed E-state index contributed by atoms with van der Waals surface area (Å²) in [6.45, 7) is 1.81. The van der Waals surface area contributed by atoms with Crippen molar-refractivity contribution in [3.05, 3.63) is 45.7 Å². The molecule has 0 aliphatic heterocycles. The molecule has 4 nitrogen and oxygen atoms in total. The van der Waals surface area contributed by atoms with Gasteiger partial charge < -0.3 is 11.1 Å². The molecule has 98 valence electrons. The van der Waals surface area contributed by atoms with Crippen LogP contribution in [0.5, 0.6) is 0 Å². The number of hydrogen-bond donors (Lipinski definition) is 2. The zero-order valence-electron chi connectivity index (χ0n) is 9.94. The molecule has 0 aliphatic carbocycles. The van der Waals surface area contributed by atoms with Crippen LogP contribution < -0.4 is 11.1 Å². The van der Waals surface area contributed by atoms with Crippen LogP contribution in [0.2, 0.25) is 0 Å². The number of benzene rings is 1. The third-order valence-electron chi connectivity index (χ3n) is 2.34. The maximum atomic E-state index is 13.1. The van der Waals surface area contributed by atoms with E-state index in [1.165, 1.54) is 35.7 Å². The number of anilines is 1. The molecule has 2 aromatic rings. The molecule has 7 heteroatoms. The molecule has 1 aromatic carbocycles. The van der Waals surface area contributed by atoms with E-state index in [9.17, 15) is 9.18 Å². The van der Waals surface area contributed by atoms with Gasteiger partial charge in [0.15, 0.2) is 0 Å². The van der Waals surface area contributed by atoms with Gasteiger partial charge in [-0.1, -0.05) is 12.2 Å². The second-order valence-electron chi connectivity index (χ2n) is 3.75. The Hall–Kier alpha value is -1.86. The van der Waals surface area contributed by atoms with Crippen molar-refractivity contribution < 1.29 is 9.18 Å². The highest BCUT2D eigenvalue weighted by Crippen LogP contribution is 2.19. The lowest BCUT2D eigenvalue weighted by Gasteiger charge is -2.09. The Labute approximate surface area is 118 Å². The highest BCUT2D eigenvalue weighted by Gasteiger charge is 2.13. The van der Waals surface area contributed by atoms with Gasteiger partial charge in [-0.15, -0.1) is 11.3 Å². The van der Waals surface area contributed by atoms with E-state index in [1.807, 2.05) is 0 Å². The van der Waals surface area contributed by atoms with Gasteiger partial charge in [0.1, 0.15) is 15.7 Å². The molecule has 0 saturated carbocycles. The van der Waals surface area contributed by atoms with Gasteiger partial charge in [0.2, 0.25) is 0 Å². The Morgan fingerprint density at radius 3 is 2.84 bits per heavy atom. The molecule has 1 aromatic heterocycles.